The second-order valence-electron chi connectivity index (χ2n) is 9.25. The molecule has 0 bridgehead atoms. The fourth-order valence-corrected chi connectivity index (χ4v) is 5.31. The number of aromatic nitrogens is 2. The van der Waals surface area contributed by atoms with E-state index in [-0.39, 0.29) is 11.7 Å². The number of nitrogens with one attached hydrogen (secondary N) is 1. The van der Waals surface area contributed by atoms with Crippen molar-refractivity contribution in [3.8, 4) is 5.75 Å². The highest BCUT2D eigenvalue weighted by atomic mass is 16.3. The Morgan fingerprint density at radius 2 is 1.74 bits per heavy atom. The van der Waals surface area contributed by atoms with Crippen LogP contribution in [0.15, 0.2) is 72.0 Å². The zero-order valence-electron chi connectivity index (χ0n) is 18.8. The Morgan fingerprint density at radius 1 is 0.941 bits per heavy atom. The van der Waals surface area contributed by atoms with Crippen LogP contribution in [-0.4, -0.2) is 27.1 Å². The van der Waals surface area contributed by atoms with Gasteiger partial charge in [-0.25, -0.2) is 9.78 Å². The molecular formula is C28H26N3O3+. The monoisotopic (exact) mass is 452 g/mol. The van der Waals surface area contributed by atoms with E-state index >= 15 is 0 Å². The molecule has 6 heteroatoms. The number of aromatic hydroxyl groups is 1. The number of phenolic OH excluding ortho intramolecular Hbond substituents is 1. The SMILES string of the molecule is O=C1C(Cc2ccc(O)cc2)Nc2c(Cc3ccccc3)nc3c([n+]21)CCC1=C3CCC(O)=C1. The minimum Gasteiger partial charge on any atom is -0.512 e. The number of benzene rings is 2. The number of hydrogen-bond donors (Lipinski definition) is 3. The highest BCUT2D eigenvalue weighted by Crippen LogP contribution is 2.38. The summed E-state index contributed by atoms with van der Waals surface area (Å²) in [6.07, 6.45) is 5.88. The number of nitrogens with zero attached hydrogens (tertiary/aromatic N) is 2. The van der Waals surface area contributed by atoms with Crippen molar-refractivity contribution >= 4 is 17.3 Å². The normalized spacial score (nSPS) is 18.6. The van der Waals surface area contributed by atoms with E-state index in [0.29, 0.717) is 31.4 Å². The van der Waals surface area contributed by atoms with Crippen LogP contribution in [0.4, 0.5) is 5.82 Å². The van der Waals surface area contributed by atoms with Crippen molar-refractivity contribution in [2.24, 2.45) is 0 Å². The first-order valence-electron chi connectivity index (χ1n) is 11.8. The van der Waals surface area contributed by atoms with E-state index in [2.05, 4.69) is 17.4 Å². The quantitative estimate of drug-likeness (QED) is 0.515. The van der Waals surface area contributed by atoms with Crippen LogP contribution in [0.1, 0.15) is 52.3 Å². The van der Waals surface area contributed by atoms with Gasteiger partial charge in [-0.3, -0.25) is 5.32 Å². The van der Waals surface area contributed by atoms with Crippen LogP contribution in [-0.2, 0) is 19.3 Å². The van der Waals surface area contributed by atoms with Gasteiger partial charge in [-0.05, 0) is 53.3 Å². The number of rotatable bonds is 4. The van der Waals surface area contributed by atoms with E-state index in [0.717, 1.165) is 58.0 Å². The van der Waals surface area contributed by atoms with Crippen LogP contribution in [0.25, 0.3) is 5.57 Å². The number of hydrogen-bond acceptors (Lipinski definition) is 5. The van der Waals surface area contributed by atoms with Gasteiger partial charge in [0.05, 0.1) is 5.76 Å². The lowest BCUT2D eigenvalue weighted by Crippen LogP contribution is -2.49. The molecule has 0 saturated heterocycles. The Labute approximate surface area is 197 Å². The molecule has 3 aliphatic rings. The molecule has 34 heavy (non-hydrogen) atoms. The molecule has 3 N–H and O–H groups in total. The average Bonchev–Trinajstić information content (AvgIpc) is 3.17. The van der Waals surface area contributed by atoms with Crippen LogP contribution in [0, 0.1) is 0 Å². The summed E-state index contributed by atoms with van der Waals surface area (Å²) in [6.45, 7) is 0. The Balaban J connectivity index is 1.45. The number of phenols is 1. The maximum absolute atomic E-state index is 13.7. The predicted octanol–water partition coefficient (Wildman–Crippen LogP) is 4.28. The van der Waals surface area contributed by atoms with E-state index in [1.165, 1.54) is 0 Å². The average molecular weight is 453 g/mol. The highest BCUT2D eigenvalue weighted by Gasteiger charge is 2.44. The summed E-state index contributed by atoms with van der Waals surface area (Å²) in [5, 5.41) is 23.2. The largest absolute Gasteiger partial charge is 0.512 e. The molecule has 0 saturated carbocycles. The molecule has 1 aromatic heterocycles. The summed E-state index contributed by atoms with van der Waals surface area (Å²) in [5.74, 6) is 1.46. The molecule has 2 aliphatic carbocycles. The molecule has 0 spiro atoms. The lowest BCUT2D eigenvalue weighted by molar-refractivity contribution is -0.562. The number of aliphatic hydroxyl groups excluding tert-OH is 1. The molecule has 0 radical (unpaired) electrons. The maximum Gasteiger partial charge on any atom is 0.359 e. The van der Waals surface area contributed by atoms with Crippen LogP contribution >= 0.6 is 0 Å². The highest BCUT2D eigenvalue weighted by molar-refractivity contribution is 5.84. The molecule has 3 aromatic rings. The topological polar surface area (TPSA) is 86.3 Å². The van der Waals surface area contributed by atoms with Crippen molar-refractivity contribution in [2.75, 3.05) is 5.32 Å². The van der Waals surface area contributed by atoms with Gasteiger partial charge in [0.25, 0.3) is 0 Å². The molecular weight excluding hydrogens is 426 g/mol. The second kappa shape index (κ2) is 8.13. The first-order chi connectivity index (χ1) is 16.6. The second-order valence-corrected chi connectivity index (χ2v) is 9.25. The molecule has 1 unspecified atom stereocenters. The maximum atomic E-state index is 13.7. The van der Waals surface area contributed by atoms with Crippen molar-refractivity contribution in [1.82, 2.24) is 4.98 Å². The molecule has 0 amide bonds. The third-order valence-corrected chi connectivity index (χ3v) is 6.98. The number of carbonyl (C=O) groups excluding carboxylic acids is 1. The van der Waals surface area contributed by atoms with Crippen molar-refractivity contribution in [3.05, 3.63) is 100 Å². The Hall–Kier alpha value is -3.93. The van der Waals surface area contributed by atoms with E-state index in [1.807, 2.05) is 41.0 Å². The van der Waals surface area contributed by atoms with Crippen molar-refractivity contribution in [1.29, 1.82) is 0 Å². The number of anilines is 1. The smallest absolute Gasteiger partial charge is 0.359 e. The Bertz CT molecular complexity index is 1360. The van der Waals surface area contributed by atoms with E-state index < -0.39 is 6.04 Å². The fourth-order valence-electron chi connectivity index (χ4n) is 5.31. The summed E-state index contributed by atoms with van der Waals surface area (Å²) in [4.78, 5) is 18.9. The Morgan fingerprint density at radius 3 is 2.53 bits per heavy atom. The fraction of sp³-hybridized carbons (Fsp3) is 0.250. The van der Waals surface area contributed by atoms with Gasteiger partial charge >= 0.3 is 11.7 Å². The number of fused-ring (bicyclic) bond motifs is 4. The molecule has 2 aromatic carbocycles. The van der Waals surface area contributed by atoms with Gasteiger partial charge in [-0.2, -0.15) is 4.57 Å². The van der Waals surface area contributed by atoms with Gasteiger partial charge in [-0.15, -0.1) is 0 Å². The number of carbonyl (C=O) groups is 1. The Kier molecular flexibility index (Phi) is 4.94. The summed E-state index contributed by atoms with van der Waals surface area (Å²) in [7, 11) is 0. The van der Waals surface area contributed by atoms with E-state index in [9.17, 15) is 15.0 Å². The van der Waals surface area contributed by atoms with Gasteiger partial charge < -0.3 is 10.2 Å². The summed E-state index contributed by atoms with van der Waals surface area (Å²) < 4.78 is 1.87. The predicted molar refractivity (Wildman–Crippen MR) is 129 cm³/mol. The summed E-state index contributed by atoms with van der Waals surface area (Å²) in [5.41, 5.74) is 7.14. The zero-order chi connectivity index (χ0) is 23.2. The van der Waals surface area contributed by atoms with Gasteiger partial charge in [0, 0.05) is 25.7 Å². The molecule has 1 aliphatic heterocycles. The lowest BCUT2D eigenvalue weighted by atomic mass is 9.85. The van der Waals surface area contributed by atoms with Crippen LogP contribution in [0.5, 0.6) is 5.75 Å². The van der Waals surface area contributed by atoms with Gasteiger partial charge in [0.15, 0.2) is 6.04 Å². The zero-order valence-corrected chi connectivity index (χ0v) is 18.8. The van der Waals surface area contributed by atoms with Crippen LogP contribution < -0.4 is 9.88 Å². The molecule has 2 heterocycles. The van der Waals surface area contributed by atoms with Crippen molar-refractivity contribution in [3.63, 3.8) is 0 Å². The van der Waals surface area contributed by atoms with E-state index in [1.54, 1.807) is 12.1 Å². The number of allylic oxidation sites excluding steroid dienone is 4. The molecule has 0 fully saturated rings. The minimum atomic E-state index is -0.391. The van der Waals surface area contributed by atoms with E-state index in [4.69, 9.17) is 4.98 Å². The molecule has 170 valence electrons. The molecule has 6 nitrogen and oxygen atoms in total. The third-order valence-electron chi connectivity index (χ3n) is 6.98. The summed E-state index contributed by atoms with van der Waals surface area (Å²) >= 11 is 0. The first-order valence-corrected chi connectivity index (χ1v) is 11.8. The third kappa shape index (κ3) is 3.55. The van der Waals surface area contributed by atoms with Crippen molar-refractivity contribution < 1.29 is 19.6 Å². The van der Waals surface area contributed by atoms with Gasteiger partial charge in [0.2, 0.25) is 0 Å². The van der Waals surface area contributed by atoms with Gasteiger partial charge in [0.1, 0.15) is 22.8 Å². The molecule has 6 rings (SSSR count). The van der Waals surface area contributed by atoms with Crippen LogP contribution in [0.3, 0.4) is 0 Å². The molecule has 1 atom stereocenters. The van der Waals surface area contributed by atoms with Crippen molar-refractivity contribution in [2.45, 2.75) is 44.6 Å². The minimum absolute atomic E-state index is 0.0364. The lowest BCUT2D eigenvalue weighted by Gasteiger charge is -2.24. The first kappa shape index (κ1) is 20.7. The van der Waals surface area contributed by atoms with Crippen LogP contribution in [0.2, 0.25) is 0 Å². The standard InChI is InChI=1S/C28H25N3O3/c32-20-9-6-18(7-10-20)15-24-28(34)31-25-13-8-19-16-21(33)11-12-22(19)26(25)29-23(27(31)30-24)14-17-4-2-1-3-5-17/h1-7,9-10,16,24,32-33H,8,11-15H2/p+1. The number of aliphatic hydroxyl groups is 1. The summed E-state index contributed by atoms with van der Waals surface area (Å²) in [6, 6.07) is 16.8. The van der Waals surface area contributed by atoms with Gasteiger partial charge in [-0.1, -0.05) is 42.5 Å².